The van der Waals surface area contributed by atoms with E-state index in [0.717, 1.165) is 37.0 Å². The first-order chi connectivity index (χ1) is 11.5. The number of rotatable bonds is 2. The molecule has 2 bridgehead atoms. The van der Waals surface area contributed by atoms with Gasteiger partial charge in [0.1, 0.15) is 16.5 Å². The zero-order valence-electron chi connectivity index (χ0n) is 13.3. The van der Waals surface area contributed by atoms with Crippen molar-refractivity contribution in [3.8, 4) is 0 Å². The summed E-state index contributed by atoms with van der Waals surface area (Å²) in [5.74, 6) is 0.843. The number of pyridine rings is 1. The van der Waals surface area contributed by atoms with E-state index >= 15 is 0 Å². The van der Waals surface area contributed by atoms with E-state index in [4.69, 9.17) is 16.6 Å². The molecular formula is C16H18ClN5O2. The minimum absolute atomic E-state index is 0.0742. The van der Waals surface area contributed by atoms with Gasteiger partial charge in [-0.2, -0.15) is 0 Å². The summed E-state index contributed by atoms with van der Waals surface area (Å²) in [6, 6.07) is 4.23. The molecule has 126 valence electrons. The van der Waals surface area contributed by atoms with Crippen LogP contribution in [0.2, 0.25) is 5.15 Å². The predicted molar refractivity (Wildman–Crippen MR) is 90.4 cm³/mol. The second kappa shape index (κ2) is 5.73. The van der Waals surface area contributed by atoms with Crippen LogP contribution in [0.15, 0.2) is 18.3 Å². The Morgan fingerprint density at radius 2 is 2.00 bits per heavy atom. The van der Waals surface area contributed by atoms with Crippen molar-refractivity contribution in [2.24, 2.45) is 0 Å². The number of fused-ring (bicyclic) bond motifs is 3. The summed E-state index contributed by atoms with van der Waals surface area (Å²) in [5, 5.41) is 9.63. The molecule has 2 aliphatic rings. The van der Waals surface area contributed by atoms with E-state index in [2.05, 4.69) is 14.9 Å². The monoisotopic (exact) mass is 347 g/mol. The van der Waals surface area contributed by atoms with Crippen molar-refractivity contribution in [3.63, 3.8) is 0 Å². The Balaban J connectivity index is 1.62. The van der Waals surface area contributed by atoms with Gasteiger partial charge in [0.2, 0.25) is 0 Å². The summed E-state index contributed by atoms with van der Waals surface area (Å²) >= 11 is 5.89. The first-order valence-corrected chi connectivity index (χ1v) is 8.44. The van der Waals surface area contributed by atoms with Gasteiger partial charge in [-0.15, -0.1) is 0 Å². The minimum Gasteiger partial charge on any atom is -0.465 e. The Hall–Kier alpha value is -2.15. The zero-order valence-corrected chi connectivity index (χ0v) is 14.0. The number of anilines is 1. The smallest absolute Gasteiger partial charge is 0.407 e. The van der Waals surface area contributed by atoms with Crippen molar-refractivity contribution >= 4 is 34.7 Å². The van der Waals surface area contributed by atoms with Crippen LogP contribution in [0.1, 0.15) is 25.7 Å². The fourth-order valence-corrected chi connectivity index (χ4v) is 4.13. The molecule has 0 radical (unpaired) electrons. The predicted octanol–water partition coefficient (Wildman–Crippen LogP) is 2.79. The normalized spacial score (nSPS) is 25.9. The van der Waals surface area contributed by atoms with Gasteiger partial charge in [0.05, 0.1) is 6.20 Å². The molecule has 1 unspecified atom stereocenters. The Morgan fingerprint density at radius 1 is 1.29 bits per heavy atom. The summed E-state index contributed by atoms with van der Waals surface area (Å²) in [5.41, 5.74) is 1.26. The summed E-state index contributed by atoms with van der Waals surface area (Å²) in [7, 11) is 1.66. The summed E-state index contributed by atoms with van der Waals surface area (Å²) in [6.45, 7) is 0. The van der Waals surface area contributed by atoms with Crippen LogP contribution in [0.5, 0.6) is 0 Å². The third-order valence-electron chi connectivity index (χ3n) is 5.18. The maximum atomic E-state index is 11.2. The highest BCUT2D eigenvalue weighted by Gasteiger charge is 2.43. The minimum atomic E-state index is -0.860. The van der Waals surface area contributed by atoms with Crippen molar-refractivity contribution in [2.75, 3.05) is 11.9 Å². The van der Waals surface area contributed by atoms with Crippen LogP contribution < -0.4 is 4.90 Å². The Labute approximate surface area is 144 Å². The van der Waals surface area contributed by atoms with E-state index < -0.39 is 6.09 Å². The van der Waals surface area contributed by atoms with E-state index in [1.807, 2.05) is 6.07 Å². The third-order valence-corrected chi connectivity index (χ3v) is 5.39. The van der Waals surface area contributed by atoms with Crippen LogP contribution in [0.4, 0.5) is 10.6 Å². The van der Waals surface area contributed by atoms with E-state index in [1.165, 1.54) is 4.90 Å². The SMILES string of the molecule is CN(C(=O)O)C1C[C@H]2CC[C@@H](C1)N2c1cnc2nc(Cl)ccc2n1. The molecule has 1 amide bonds. The highest BCUT2D eigenvalue weighted by molar-refractivity contribution is 6.29. The Morgan fingerprint density at radius 3 is 2.67 bits per heavy atom. The molecule has 2 saturated heterocycles. The van der Waals surface area contributed by atoms with Gasteiger partial charge in [-0.25, -0.2) is 19.7 Å². The molecule has 2 fully saturated rings. The quantitative estimate of drug-likeness (QED) is 0.841. The zero-order chi connectivity index (χ0) is 16.8. The lowest BCUT2D eigenvalue weighted by Gasteiger charge is -2.41. The van der Waals surface area contributed by atoms with Gasteiger partial charge in [-0.05, 0) is 37.8 Å². The first-order valence-electron chi connectivity index (χ1n) is 8.06. The van der Waals surface area contributed by atoms with Crippen LogP contribution in [0.3, 0.4) is 0 Å². The first kappa shape index (κ1) is 15.4. The number of halogens is 1. The summed E-state index contributed by atoms with van der Waals surface area (Å²) < 4.78 is 0. The lowest BCUT2D eigenvalue weighted by molar-refractivity contribution is 0.125. The molecule has 24 heavy (non-hydrogen) atoms. The van der Waals surface area contributed by atoms with Crippen molar-refractivity contribution in [1.29, 1.82) is 0 Å². The number of nitrogens with zero attached hydrogens (tertiary/aromatic N) is 5. The Bertz CT molecular complexity index is 787. The number of carbonyl (C=O) groups is 1. The second-order valence-electron chi connectivity index (χ2n) is 6.52. The lowest BCUT2D eigenvalue weighted by atomic mass is 9.96. The summed E-state index contributed by atoms with van der Waals surface area (Å²) in [6.07, 6.45) is 4.68. The number of carboxylic acid groups (broad SMARTS) is 1. The van der Waals surface area contributed by atoms with Gasteiger partial charge < -0.3 is 14.9 Å². The average molecular weight is 348 g/mol. The molecule has 2 aromatic rings. The molecule has 0 spiro atoms. The topological polar surface area (TPSA) is 82.5 Å². The van der Waals surface area contributed by atoms with Crippen molar-refractivity contribution in [3.05, 3.63) is 23.5 Å². The van der Waals surface area contributed by atoms with Gasteiger partial charge in [-0.1, -0.05) is 11.6 Å². The summed E-state index contributed by atoms with van der Waals surface area (Å²) in [4.78, 5) is 28.2. The molecule has 0 aromatic carbocycles. The Kier molecular flexibility index (Phi) is 3.68. The largest absolute Gasteiger partial charge is 0.465 e. The molecule has 4 rings (SSSR count). The maximum Gasteiger partial charge on any atom is 0.407 e. The fraction of sp³-hybridized carbons (Fsp3) is 0.500. The highest BCUT2D eigenvalue weighted by atomic mass is 35.5. The molecule has 0 saturated carbocycles. The molecule has 8 heteroatoms. The molecular weight excluding hydrogens is 330 g/mol. The third kappa shape index (κ3) is 2.53. The van der Waals surface area contributed by atoms with Gasteiger partial charge in [0, 0.05) is 25.2 Å². The number of aromatic nitrogens is 3. The van der Waals surface area contributed by atoms with Gasteiger partial charge in [0.25, 0.3) is 0 Å². The molecule has 2 aliphatic heterocycles. The van der Waals surface area contributed by atoms with Crippen LogP contribution in [-0.2, 0) is 0 Å². The molecule has 7 nitrogen and oxygen atoms in total. The van der Waals surface area contributed by atoms with E-state index in [0.29, 0.717) is 22.9 Å². The molecule has 0 aliphatic carbocycles. The van der Waals surface area contributed by atoms with Gasteiger partial charge in [-0.3, -0.25) is 0 Å². The lowest BCUT2D eigenvalue weighted by Crippen LogP contribution is -2.51. The number of hydrogen-bond donors (Lipinski definition) is 1. The molecule has 1 N–H and O–H groups in total. The van der Waals surface area contributed by atoms with Gasteiger partial charge >= 0.3 is 6.09 Å². The van der Waals surface area contributed by atoms with Crippen molar-refractivity contribution < 1.29 is 9.90 Å². The number of hydrogen-bond acceptors (Lipinski definition) is 5. The second-order valence-corrected chi connectivity index (χ2v) is 6.90. The standard InChI is InChI=1S/C16H18ClN5O2/c1-21(16(23)24)11-6-9-2-3-10(7-11)22(9)14-8-18-15-12(19-14)4-5-13(17)20-15/h4-5,8-11H,2-3,6-7H2,1H3,(H,23,24)/t9-,10+,11?. The van der Waals surface area contributed by atoms with E-state index in [-0.39, 0.29) is 6.04 Å². The number of piperidine rings is 1. The van der Waals surface area contributed by atoms with Crippen LogP contribution in [-0.4, -0.2) is 56.2 Å². The van der Waals surface area contributed by atoms with E-state index in [1.54, 1.807) is 19.3 Å². The van der Waals surface area contributed by atoms with E-state index in [9.17, 15) is 9.90 Å². The van der Waals surface area contributed by atoms with Crippen LogP contribution in [0.25, 0.3) is 11.2 Å². The average Bonchev–Trinajstić information content (AvgIpc) is 2.83. The van der Waals surface area contributed by atoms with Crippen LogP contribution in [0, 0.1) is 0 Å². The molecule has 4 heterocycles. The number of amides is 1. The highest BCUT2D eigenvalue weighted by Crippen LogP contribution is 2.40. The van der Waals surface area contributed by atoms with Crippen molar-refractivity contribution in [2.45, 2.75) is 43.8 Å². The van der Waals surface area contributed by atoms with Crippen LogP contribution >= 0.6 is 11.6 Å². The maximum absolute atomic E-state index is 11.2. The van der Waals surface area contributed by atoms with Crippen molar-refractivity contribution in [1.82, 2.24) is 19.9 Å². The van der Waals surface area contributed by atoms with Gasteiger partial charge in [0.15, 0.2) is 5.65 Å². The fourth-order valence-electron chi connectivity index (χ4n) is 3.99. The molecule has 3 atom stereocenters. The molecule has 2 aromatic heterocycles.